The van der Waals surface area contributed by atoms with Gasteiger partial charge >= 0.3 is 0 Å². The van der Waals surface area contributed by atoms with E-state index in [-0.39, 0.29) is 12.4 Å². The van der Waals surface area contributed by atoms with E-state index in [1.807, 2.05) is 19.1 Å². The molecule has 1 N–H and O–H groups in total. The van der Waals surface area contributed by atoms with Crippen LogP contribution in [0.5, 0.6) is 5.75 Å². The molecule has 0 aromatic heterocycles. The minimum absolute atomic E-state index is 0.181. The molecule has 0 bridgehead atoms. The normalized spacial score (nSPS) is 11.4. The molecular formula is C16H16FNO2. The van der Waals surface area contributed by atoms with Crippen molar-refractivity contribution in [3.05, 3.63) is 65.5 Å². The Bertz CT molecular complexity index is 594. The third kappa shape index (κ3) is 3.35. The van der Waals surface area contributed by atoms with Crippen LogP contribution in [0.25, 0.3) is 0 Å². The smallest absolute Gasteiger partial charge is 0.129 e. The molecule has 2 aromatic rings. The summed E-state index contributed by atoms with van der Waals surface area (Å²) in [5.74, 6) is 0.371. The van der Waals surface area contributed by atoms with Crippen LogP contribution in [0.2, 0.25) is 0 Å². The highest BCUT2D eigenvalue weighted by Crippen LogP contribution is 2.16. The van der Waals surface area contributed by atoms with E-state index in [9.17, 15) is 4.39 Å². The maximum Gasteiger partial charge on any atom is 0.129 e. The molecule has 0 saturated heterocycles. The van der Waals surface area contributed by atoms with Crippen LogP contribution in [0.1, 0.15) is 24.5 Å². The van der Waals surface area contributed by atoms with E-state index in [0.29, 0.717) is 23.4 Å². The van der Waals surface area contributed by atoms with Gasteiger partial charge in [0.25, 0.3) is 0 Å². The fraction of sp³-hybridized carbons (Fsp3) is 0.188. The molecule has 0 radical (unpaired) electrons. The molecule has 2 aromatic carbocycles. The lowest BCUT2D eigenvalue weighted by molar-refractivity contribution is 0.300. The summed E-state index contributed by atoms with van der Waals surface area (Å²) in [6.45, 7) is 2.10. The molecular weight excluding hydrogens is 257 g/mol. The van der Waals surface area contributed by atoms with Crippen molar-refractivity contribution < 1.29 is 14.3 Å². The number of hydrogen-bond acceptors (Lipinski definition) is 3. The summed E-state index contributed by atoms with van der Waals surface area (Å²) in [7, 11) is 0. The van der Waals surface area contributed by atoms with Crippen molar-refractivity contribution in [2.75, 3.05) is 0 Å². The van der Waals surface area contributed by atoms with E-state index in [1.165, 1.54) is 6.07 Å². The minimum Gasteiger partial charge on any atom is -0.489 e. The van der Waals surface area contributed by atoms with Crippen molar-refractivity contribution in [1.82, 2.24) is 0 Å². The van der Waals surface area contributed by atoms with Crippen LogP contribution in [0.15, 0.2) is 53.7 Å². The predicted octanol–water partition coefficient (Wildman–Crippen LogP) is 3.99. The van der Waals surface area contributed by atoms with Gasteiger partial charge in [-0.1, -0.05) is 30.3 Å². The quantitative estimate of drug-likeness (QED) is 0.508. The number of hydrogen-bond donors (Lipinski definition) is 1. The molecule has 0 amide bonds. The summed E-state index contributed by atoms with van der Waals surface area (Å²) in [6.07, 6.45) is 0.645. The Morgan fingerprint density at radius 1 is 1.15 bits per heavy atom. The van der Waals surface area contributed by atoms with E-state index in [0.717, 1.165) is 5.56 Å². The van der Waals surface area contributed by atoms with Crippen LogP contribution in [0, 0.1) is 5.82 Å². The number of rotatable bonds is 5. The first-order chi connectivity index (χ1) is 9.74. The van der Waals surface area contributed by atoms with E-state index < -0.39 is 0 Å². The van der Waals surface area contributed by atoms with Gasteiger partial charge in [0.1, 0.15) is 18.2 Å². The minimum atomic E-state index is -0.273. The zero-order valence-electron chi connectivity index (χ0n) is 11.2. The van der Waals surface area contributed by atoms with Crippen molar-refractivity contribution in [3.8, 4) is 5.75 Å². The highest BCUT2D eigenvalue weighted by molar-refractivity contribution is 6.00. The number of benzene rings is 2. The maximum atomic E-state index is 13.4. The second kappa shape index (κ2) is 6.70. The number of oxime groups is 1. The molecule has 0 unspecified atom stereocenters. The molecule has 4 heteroatoms. The molecule has 0 aliphatic rings. The van der Waals surface area contributed by atoms with Gasteiger partial charge in [0, 0.05) is 5.56 Å². The van der Waals surface area contributed by atoms with Crippen molar-refractivity contribution in [1.29, 1.82) is 0 Å². The average molecular weight is 273 g/mol. The molecule has 0 atom stereocenters. The van der Waals surface area contributed by atoms with Crippen molar-refractivity contribution in [2.24, 2.45) is 5.16 Å². The van der Waals surface area contributed by atoms with Crippen LogP contribution >= 0.6 is 0 Å². The molecule has 20 heavy (non-hydrogen) atoms. The van der Waals surface area contributed by atoms with Gasteiger partial charge in [0.05, 0.1) is 5.71 Å². The lowest BCUT2D eigenvalue weighted by Crippen LogP contribution is -2.00. The van der Waals surface area contributed by atoms with Crippen LogP contribution in [0.3, 0.4) is 0 Å². The topological polar surface area (TPSA) is 41.8 Å². The van der Waals surface area contributed by atoms with Crippen LogP contribution in [0.4, 0.5) is 4.39 Å². The molecule has 0 saturated carbocycles. The fourth-order valence-electron chi connectivity index (χ4n) is 1.85. The number of ether oxygens (including phenoxy) is 1. The van der Waals surface area contributed by atoms with Crippen molar-refractivity contribution in [2.45, 2.75) is 20.0 Å². The zero-order valence-corrected chi connectivity index (χ0v) is 11.2. The lowest BCUT2D eigenvalue weighted by atomic mass is 10.1. The van der Waals surface area contributed by atoms with Gasteiger partial charge in [-0.15, -0.1) is 0 Å². The fourth-order valence-corrected chi connectivity index (χ4v) is 1.85. The molecule has 0 spiro atoms. The first kappa shape index (κ1) is 14.1. The van der Waals surface area contributed by atoms with E-state index >= 15 is 0 Å². The molecule has 0 aliphatic heterocycles. The molecule has 0 fully saturated rings. The first-order valence-corrected chi connectivity index (χ1v) is 6.42. The molecule has 0 heterocycles. The van der Waals surface area contributed by atoms with E-state index in [4.69, 9.17) is 9.94 Å². The van der Waals surface area contributed by atoms with Crippen LogP contribution < -0.4 is 4.74 Å². The Balaban J connectivity index is 2.03. The molecule has 2 rings (SSSR count). The Morgan fingerprint density at radius 3 is 2.45 bits per heavy atom. The standard InChI is InChI=1S/C16H16FNO2/c1-2-16(18-19)12-7-9-14(10-8-12)20-11-13-5-3-4-6-15(13)17/h3-10,19H,2,11H2,1H3/b18-16+. The van der Waals surface area contributed by atoms with Gasteiger partial charge in [0.15, 0.2) is 0 Å². The summed E-state index contributed by atoms with van der Waals surface area (Å²) in [5, 5.41) is 12.1. The average Bonchev–Trinajstić information content (AvgIpc) is 2.49. The largest absolute Gasteiger partial charge is 0.489 e. The van der Waals surface area contributed by atoms with Gasteiger partial charge in [-0.2, -0.15) is 0 Å². The molecule has 0 aliphatic carbocycles. The maximum absolute atomic E-state index is 13.4. The Kier molecular flexibility index (Phi) is 4.71. The number of halogens is 1. The van der Waals surface area contributed by atoms with Gasteiger partial charge in [-0.05, 0) is 42.3 Å². The van der Waals surface area contributed by atoms with Crippen molar-refractivity contribution in [3.63, 3.8) is 0 Å². The van der Waals surface area contributed by atoms with Gasteiger partial charge in [-0.3, -0.25) is 0 Å². The second-order valence-electron chi connectivity index (χ2n) is 4.30. The predicted molar refractivity (Wildman–Crippen MR) is 75.8 cm³/mol. The molecule has 3 nitrogen and oxygen atoms in total. The molecule has 104 valence electrons. The zero-order chi connectivity index (χ0) is 14.4. The van der Waals surface area contributed by atoms with Gasteiger partial charge in [-0.25, -0.2) is 4.39 Å². The Morgan fingerprint density at radius 2 is 1.85 bits per heavy atom. The first-order valence-electron chi connectivity index (χ1n) is 6.42. The summed E-state index contributed by atoms with van der Waals surface area (Å²) in [4.78, 5) is 0. The highest BCUT2D eigenvalue weighted by atomic mass is 19.1. The monoisotopic (exact) mass is 273 g/mol. The van der Waals surface area contributed by atoms with Gasteiger partial charge < -0.3 is 9.94 Å². The second-order valence-corrected chi connectivity index (χ2v) is 4.30. The number of nitrogens with zero attached hydrogens (tertiary/aromatic N) is 1. The van der Waals surface area contributed by atoms with Crippen LogP contribution in [-0.2, 0) is 6.61 Å². The van der Waals surface area contributed by atoms with Crippen LogP contribution in [-0.4, -0.2) is 10.9 Å². The summed E-state index contributed by atoms with van der Waals surface area (Å²) in [6, 6.07) is 13.7. The van der Waals surface area contributed by atoms with E-state index in [2.05, 4.69) is 5.16 Å². The Labute approximate surface area is 117 Å². The highest BCUT2D eigenvalue weighted by Gasteiger charge is 2.04. The lowest BCUT2D eigenvalue weighted by Gasteiger charge is -2.08. The van der Waals surface area contributed by atoms with Gasteiger partial charge in [0.2, 0.25) is 0 Å². The summed E-state index contributed by atoms with van der Waals surface area (Å²) >= 11 is 0. The SMILES string of the molecule is CC/C(=N\O)c1ccc(OCc2ccccc2F)cc1. The Hall–Kier alpha value is -2.36. The third-order valence-corrected chi connectivity index (χ3v) is 3.00. The van der Waals surface area contributed by atoms with E-state index in [1.54, 1.807) is 30.3 Å². The summed E-state index contributed by atoms with van der Waals surface area (Å²) in [5.41, 5.74) is 1.97. The summed E-state index contributed by atoms with van der Waals surface area (Å²) < 4.78 is 19.0. The van der Waals surface area contributed by atoms with Crippen molar-refractivity contribution >= 4 is 5.71 Å². The third-order valence-electron chi connectivity index (χ3n) is 3.00.